The number of carboxylic acids is 1. The Kier molecular flexibility index (Phi) is 5.30. The molecule has 2 aromatic rings. The van der Waals surface area contributed by atoms with Crippen molar-refractivity contribution in [1.29, 1.82) is 0 Å². The van der Waals surface area contributed by atoms with Gasteiger partial charge in [0, 0.05) is 12.0 Å². The lowest BCUT2D eigenvalue weighted by Crippen LogP contribution is -2.44. The molecule has 6 heteroatoms. The van der Waals surface area contributed by atoms with Crippen molar-refractivity contribution in [3.05, 3.63) is 48.0 Å². The number of fused-ring (bicyclic) bond motifs is 1. The second kappa shape index (κ2) is 7.40. The van der Waals surface area contributed by atoms with E-state index in [0.29, 0.717) is 5.56 Å². The molecule has 0 bridgehead atoms. The average Bonchev–Trinajstić information content (AvgIpc) is 2.57. The Balaban J connectivity index is 2.17. The van der Waals surface area contributed by atoms with Crippen molar-refractivity contribution in [3.63, 3.8) is 0 Å². The molecule has 2 aromatic carbocycles. The number of carboxylic acid groups (broad SMARTS) is 1. The molecule has 23 heavy (non-hydrogen) atoms. The summed E-state index contributed by atoms with van der Waals surface area (Å²) in [6, 6.07) is 11.2. The molecule has 0 unspecified atom stereocenters. The topological polar surface area (TPSA) is 92.7 Å². The van der Waals surface area contributed by atoms with Gasteiger partial charge in [-0.3, -0.25) is 9.59 Å². The number of carbonyl (C=O) groups excluding carboxylic acids is 2. The quantitative estimate of drug-likeness (QED) is 0.795. The van der Waals surface area contributed by atoms with Crippen LogP contribution in [0.25, 0.3) is 10.8 Å². The third-order valence-corrected chi connectivity index (χ3v) is 3.34. The first-order valence-electron chi connectivity index (χ1n) is 7.20. The van der Waals surface area contributed by atoms with Gasteiger partial charge in [-0.2, -0.15) is 0 Å². The summed E-state index contributed by atoms with van der Waals surface area (Å²) in [6.07, 6.45) is 0.142. The zero-order valence-electron chi connectivity index (χ0n) is 12.6. The summed E-state index contributed by atoms with van der Waals surface area (Å²) in [4.78, 5) is 34.7. The molecule has 0 saturated carbocycles. The zero-order chi connectivity index (χ0) is 16.8. The van der Waals surface area contributed by atoms with Crippen molar-refractivity contribution in [3.8, 4) is 0 Å². The highest BCUT2D eigenvalue weighted by Gasteiger charge is 2.23. The van der Waals surface area contributed by atoms with Crippen molar-refractivity contribution < 1.29 is 24.2 Å². The molecule has 2 rings (SSSR count). The number of hydrogen-bond donors (Lipinski definition) is 2. The third-order valence-electron chi connectivity index (χ3n) is 3.34. The minimum Gasteiger partial charge on any atom is -0.480 e. The first-order valence-corrected chi connectivity index (χ1v) is 7.20. The highest BCUT2D eigenvalue weighted by atomic mass is 16.5. The molecule has 0 saturated heterocycles. The van der Waals surface area contributed by atoms with E-state index in [1.54, 1.807) is 31.2 Å². The van der Waals surface area contributed by atoms with Gasteiger partial charge in [0.1, 0.15) is 6.61 Å². The van der Waals surface area contributed by atoms with E-state index in [0.717, 1.165) is 10.8 Å². The largest absolute Gasteiger partial charge is 0.480 e. The fourth-order valence-electron chi connectivity index (χ4n) is 2.11. The summed E-state index contributed by atoms with van der Waals surface area (Å²) in [5, 5.41) is 13.2. The SMILES string of the molecule is CCC(=O)OC[C@H](NC(=O)c1cccc2ccccc12)C(=O)O. The molecule has 1 amide bonds. The Morgan fingerprint density at radius 2 is 1.83 bits per heavy atom. The summed E-state index contributed by atoms with van der Waals surface area (Å²) in [5.41, 5.74) is 0.371. The summed E-state index contributed by atoms with van der Waals surface area (Å²) in [6.45, 7) is 1.20. The molecular weight excluding hydrogens is 298 g/mol. The van der Waals surface area contributed by atoms with E-state index in [-0.39, 0.29) is 6.42 Å². The molecule has 0 fully saturated rings. The van der Waals surface area contributed by atoms with Crippen molar-refractivity contribution in [2.24, 2.45) is 0 Å². The summed E-state index contributed by atoms with van der Waals surface area (Å²) < 4.78 is 4.80. The predicted octanol–water partition coefficient (Wildman–Crippen LogP) is 1.98. The van der Waals surface area contributed by atoms with Crippen LogP contribution in [0.2, 0.25) is 0 Å². The maximum absolute atomic E-state index is 12.4. The van der Waals surface area contributed by atoms with E-state index in [1.165, 1.54) is 0 Å². The first kappa shape index (κ1) is 16.5. The minimum atomic E-state index is -1.29. The Morgan fingerprint density at radius 1 is 1.13 bits per heavy atom. The second-order valence-electron chi connectivity index (χ2n) is 4.93. The van der Waals surface area contributed by atoms with E-state index >= 15 is 0 Å². The lowest BCUT2D eigenvalue weighted by atomic mass is 10.0. The van der Waals surface area contributed by atoms with E-state index < -0.39 is 30.5 Å². The van der Waals surface area contributed by atoms with Crippen LogP contribution in [0.1, 0.15) is 23.7 Å². The number of amides is 1. The van der Waals surface area contributed by atoms with Crippen LogP contribution in [0, 0.1) is 0 Å². The second-order valence-corrected chi connectivity index (χ2v) is 4.93. The van der Waals surface area contributed by atoms with E-state index in [4.69, 9.17) is 9.84 Å². The lowest BCUT2D eigenvalue weighted by Gasteiger charge is -2.15. The molecule has 0 aliphatic carbocycles. The van der Waals surface area contributed by atoms with Crippen LogP contribution >= 0.6 is 0 Å². The Bertz CT molecular complexity index is 735. The van der Waals surface area contributed by atoms with Gasteiger partial charge >= 0.3 is 11.9 Å². The minimum absolute atomic E-state index is 0.142. The maximum Gasteiger partial charge on any atom is 0.329 e. The number of aliphatic carboxylic acids is 1. The number of nitrogens with one attached hydrogen (secondary N) is 1. The van der Waals surface area contributed by atoms with Gasteiger partial charge in [0.15, 0.2) is 6.04 Å². The molecule has 2 N–H and O–H groups in total. The average molecular weight is 315 g/mol. The molecule has 0 aliphatic heterocycles. The van der Waals surface area contributed by atoms with Gasteiger partial charge in [-0.1, -0.05) is 43.3 Å². The van der Waals surface area contributed by atoms with Crippen LogP contribution in [0.15, 0.2) is 42.5 Å². The van der Waals surface area contributed by atoms with Gasteiger partial charge in [-0.25, -0.2) is 4.79 Å². The van der Waals surface area contributed by atoms with Gasteiger partial charge in [0.05, 0.1) is 0 Å². The van der Waals surface area contributed by atoms with Crippen LogP contribution < -0.4 is 5.32 Å². The van der Waals surface area contributed by atoms with Crippen molar-refractivity contribution in [2.45, 2.75) is 19.4 Å². The normalized spacial score (nSPS) is 11.7. The van der Waals surface area contributed by atoms with Gasteiger partial charge in [0.2, 0.25) is 0 Å². The molecule has 0 aromatic heterocycles. The summed E-state index contributed by atoms with van der Waals surface area (Å²) in [7, 11) is 0. The van der Waals surface area contributed by atoms with Gasteiger partial charge in [-0.05, 0) is 16.8 Å². The Hall–Kier alpha value is -2.89. The van der Waals surface area contributed by atoms with Crippen molar-refractivity contribution >= 4 is 28.6 Å². The standard InChI is InChI=1S/C17H17NO5/c1-2-15(19)23-10-14(17(21)22)18-16(20)13-9-5-7-11-6-3-4-8-12(11)13/h3-9,14H,2,10H2,1H3,(H,18,20)(H,21,22)/t14-/m0/s1. The number of hydrogen-bond acceptors (Lipinski definition) is 4. The van der Waals surface area contributed by atoms with E-state index in [2.05, 4.69) is 5.32 Å². The summed E-state index contributed by atoms with van der Waals surface area (Å²) in [5.74, 6) is -2.31. The summed E-state index contributed by atoms with van der Waals surface area (Å²) >= 11 is 0. The van der Waals surface area contributed by atoms with Gasteiger partial charge in [0.25, 0.3) is 5.91 Å². The van der Waals surface area contributed by atoms with E-state index in [9.17, 15) is 14.4 Å². The highest BCUT2D eigenvalue weighted by Crippen LogP contribution is 2.18. The Morgan fingerprint density at radius 3 is 2.52 bits per heavy atom. The number of carbonyl (C=O) groups is 3. The number of ether oxygens (including phenoxy) is 1. The monoisotopic (exact) mass is 315 g/mol. The van der Waals surface area contributed by atoms with Crippen LogP contribution in [-0.4, -0.2) is 35.6 Å². The highest BCUT2D eigenvalue weighted by molar-refractivity contribution is 6.07. The van der Waals surface area contributed by atoms with Crippen molar-refractivity contribution in [2.75, 3.05) is 6.61 Å². The first-order chi connectivity index (χ1) is 11.0. The molecule has 120 valence electrons. The number of rotatable bonds is 6. The van der Waals surface area contributed by atoms with Crippen LogP contribution in [0.3, 0.4) is 0 Å². The van der Waals surface area contributed by atoms with Crippen LogP contribution in [0.5, 0.6) is 0 Å². The molecule has 6 nitrogen and oxygen atoms in total. The van der Waals surface area contributed by atoms with Crippen LogP contribution in [-0.2, 0) is 14.3 Å². The molecule has 0 radical (unpaired) electrons. The molecule has 1 atom stereocenters. The molecule has 0 heterocycles. The number of esters is 1. The fourth-order valence-corrected chi connectivity index (χ4v) is 2.11. The molecule has 0 spiro atoms. The van der Waals surface area contributed by atoms with Crippen molar-refractivity contribution in [1.82, 2.24) is 5.32 Å². The molecular formula is C17H17NO5. The smallest absolute Gasteiger partial charge is 0.329 e. The fraction of sp³-hybridized carbons (Fsp3) is 0.235. The van der Waals surface area contributed by atoms with Gasteiger partial charge < -0.3 is 15.2 Å². The lowest BCUT2D eigenvalue weighted by molar-refractivity contribution is -0.148. The predicted molar refractivity (Wildman–Crippen MR) is 84.1 cm³/mol. The van der Waals surface area contributed by atoms with E-state index in [1.807, 2.05) is 18.2 Å². The zero-order valence-corrected chi connectivity index (χ0v) is 12.6. The number of benzene rings is 2. The Labute approximate surface area is 133 Å². The van der Waals surface area contributed by atoms with Gasteiger partial charge in [-0.15, -0.1) is 0 Å². The third kappa shape index (κ3) is 4.06. The van der Waals surface area contributed by atoms with Crippen LogP contribution in [0.4, 0.5) is 0 Å². The maximum atomic E-state index is 12.4. The molecule has 0 aliphatic rings.